The second-order valence-corrected chi connectivity index (χ2v) is 12.5. The molecule has 4 nitrogen and oxygen atoms in total. The fraction of sp³-hybridized carbons (Fsp3) is 0.0789. The van der Waals surface area contributed by atoms with Crippen molar-refractivity contribution in [3.8, 4) is 28.4 Å². The third-order valence-corrected chi connectivity index (χ3v) is 9.64. The molecule has 0 atom stereocenters. The predicted octanol–water partition coefficient (Wildman–Crippen LogP) is 9.36. The number of hydrogen-bond donors (Lipinski definition) is 0. The van der Waals surface area contributed by atoms with Gasteiger partial charge in [0.2, 0.25) is 0 Å². The fourth-order valence-corrected chi connectivity index (χ4v) is 7.90. The van der Waals surface area contributed by atoms with E-state index in [0.29, 0.717) is 0 Å². The third kappa shape index (κ3) is 4.11. The van der Waals surface area contributed by atoms with E-state index in [-0.39, 0.29) is 5.41 Å². The summed E-state index contributed by atoms with van der Waals surface area (Å²) in [5.41, 5.74) is 7.76. The molecule has 0 fully saturated rings. The van der Waals surface area contributed by atoms with Crippen molar-refractivity contribution in [3.05, 3.63) is 146 Å². The van der Waals surface area contributed by atoms with Gasteiger partial charge in [0, 0.05) is 38.9 Å². The Bertz CT molecular complexity index is 2180. The van der Waals surface area contributed by atoms with Crippen LogP contribution in [0.3, 0.4) is 0 Å². The molecule has 0 aliphatic carbocycles. The van der Waals surface area contributed by atoms with Gasteiger partial charge in [0.1, 0.15) is 22.7 Å². The Morgan fingerprint density at radius 2 is 1.58 bits per heavy atom. The van der Waals surface area contributed by atoms with Gasteiger partial charge in [0.25, 0.3) is 0 Å². The lowest BCUT2D eigenvalue weighted by Gasteiger charge is -2.34. The van der Waals surface area contributed by atoms with E-state index < -0.39 is 0 Å². The maximum atomic E-state index is 6.46. The van der Waals surface area contributed by atoms with Crippen molar-refractivity contribution in [1.82, 2.24) is 9.55 Å². The highest BCUT2D eigenvalue weighted by Gasteiger charge is 2.36. The SMILES string of the molecule is [CH2-][n+]1cccc2c3ccc4c(c3n(-c3cccc(Oc5cccc(-c6ccccn6)c5)c3)c21)Sc1ccccc1C4(C)C. The summed E-state index contributed by atoms with van der Waals surface area (Å²) in [6.45, 7) is 4.66. The summed E-state index contributed by atoms with van der Waals surface area (Å²) in [6.07, 6.45) is 3.82. The molecule has 43 heavy (non-hydrogen) atoms. The minimum absolute atomic E-state index is 0.128. The predicted molar refractivity (Wildman–Crippen MR) is 174 cm³/mol. The molecule has 0 saturated heterocycles. The van der Waals surface area contributed by atoms with Crippen molar-refractivity contribution in [1.29, 1.82) is 0 Å². The summed E-state index contributed by atoms with van der Waals surface area (Å²) in [5.74, 6) is 1.53. The standard InChI is InChI=1S/C38H29N3OS/c1-38(2)31-16-4-5-18-34(31)43-36-32(38)20-19-29-30-15-10-22-40(3)37(30)41(35(29)36)26-12-9-14-28(24-26)42-27-13-8-11-25(23-27)33-17-6-7-21-39-33/h4-24H,3H2,1-2H3. The van der Waals surface area contributed by atoms with Crippen LogP contribution in [0.25, 0.3) is 38.9 Å². The molecule has 1 aliphatic rings. The summed E-state index contributed by atoms with van der Waals surface area (Å²) in [5, 5.41) is 2.38. The van der Waals surface area contributed by atoms with Crippen LogP contribution in [0, 0.1) is 7.05 Å². The number of aromatic nitrogens is 3. The van der Waals surface area contributed by atoms with E-state index in [4.69, 9.17) is 4.74 Å². The molecule has 7 aromatic rings. The molecule has 0 unspecified atom stereocenters. The van der Waals surface area contributed by atoms with Gasteiger partial charge >= 0.3 is 0 Å². The van der Waals surface area contributed by atoms with Gasteiger partial charge in [-0.25, -0.2) is 4.57 Å². The molecule has 208 valence electrons. The first-order valence-electron chi connectivity index (χ1n) is 14.4. The van der Waals surface area contributed by atoms with Crippen LogP contribution in [0.4, 0.5) is 0 Å². The molecule has 0 radical (unpaired) electrons. The first-order valence-corrected chi connectivity index (χ1v) is 15.2. The molecule has 4 heterocycles. The third-order valence-electron chi connectivity index (χ3n) is 8.45. The van der Waals surface area contributed by atoms with E-state index >= 15 is 0 Å². The Morgan fingerprint density at radius 1 is 0.767 bits per heavy atom. The summed E-state index contributed by atoms with van der Waals surface area (Å²) >= 11 is 1.86. The molecule has 5 heteroatoms. The van der Waals surface area contributed by atoms with Gasteiger partial charge in [-0.05, 0) is 66.8 Å². The van der Waals surface area contributed by atoms with Crippen LogP contribution < -0.4 is 9.30 Å². The molecule has 0 bridgehead atoms. The highest BCUT2D eigenvalue weighted by molar-refractivity contribution is 7.99. The number of fused-ring (bicyclic) bond motifs is 6. The Balaban J connectivity index is 1.31. The van der Waals surface area contributed by atoms with Crippen molar-refractivity contribution in [2.24, 2.45) is 0 Å². The molecular weight excluding hydrogens is 547 g/mol. The summed E-state index contributed by atoms with van der Waals surface area (Å²) in [6, 6.07) is 40.0. The molecule has 0 amide bonds. The molecule has 8 rings (SSSR count). The highest BCUT2D eigenvalue weighted by atomic mass is 32.2. The normalized spacial score (nSPS) is 13.5. The zero-order chi connectivity index (χ0) is 29.1. The second-order valence-electron chi connectivity index (χ2n) is 11.5. The largest absolute Gasteiger partial charge is 0.457 e. The van der Waals surface area contributed by atoms with Gasteiger partial charge in [-0.15, -0.1) is 0 Å². The second kappa shape index (κ2) is 9.79. The van der Waals surface area contributed by atoms with Crippen LogP contribution in [0.5, 0.6) is 11.5 Å². The van der Waals surface area contributed by atoms with Gasteiger partial charge in [-0.1, -0.05) is 92.3 Å². The first kappa shape index (κ1) is 25.7. The average Bonchev–Trinajstić information content (AvgIpc) is 3.38. The smallest absolute Gasteiger partial charge is 0.192 e. The number of hydrogen-bond acceptors (Lipinski definition) is 3. The molecule has 3 aromatic heterocycles. The maximum absolute atomic E-state index is 6.46. The molecule has 0 spiro atoms. The number of ether oxygens (including phenoxy) is 1. The van der Waals surface area contributed by atoms with Crippen molar-refractivity contribution in [2.45, 2.75) is 29.1 Å². The number of nitrogens with zero attached hydrogens (tertiary/aromatic N) is 3. The first-order chi connectivity index (χ1) is 21.0. The lowest BCUT2D eigenvalue weighted by Crippen LogP contribution is -2.27. The molecule has 0 saturated carbocycles. The Morgan fingerprint density at radius 3 is 2.44 bits per heavy atom. The number of pyridine rings is 2. The summed E-state index contributed by atoms with van der Waals surface area (Å²) < 4.78 is 10.8. The van der Waals surface area contributed by atoms with E-state index in [1.807, 2.05) is 71.2 Å². The molecule has 4 aromatic carbocycles. The van der Waals surface area contributed by atoms with Crippen LogP contribution in [0.1, 0.15) is 25.0 Å². The average molecular weight is 576 g/mol. The fourth-order valence-electron chi connectivity index (χ4n) is 6.37. The zero-order valence-electron chi connectivity index (χ0n) is 24.0. The summed E-state index contributed by atoms with van der Waals surface area (Å²) in [4.78, 5) is 7.09. The highest BCUT2D eigenvalue weighted by Crippen LogP contribution is 2.52. The van der Waals surface area contributed by atoms with Crippen molar-refractivity contribution < 1.29 is 9.30 Å². The van der Waals surface area contributed by atoms with E-state index in [2.05, 4.69) is 103 Å². The maximum Gasteiger partial charge on any atom is 0.192 e. The Kier molecular flexibility index (Phi) is 5.85. The van der Waals surface area contributed by atoms with Crippen LogP contribution in [-0.2, 0) is 5.41 Å². The van der Waals surface area contributed by atoms with E-state index in [1.165, 1.54) is 37.2 Å². The van der Waals surface area contributed by atoms with Gasteiger partial charge in [-0.2, -0.15) is 0 Å². The minimum atomic E-state index is -0.128. The Labute approximate surface area is 255 Å². The van der Waals surface area contributed by atoms with E-state index in [1.54, 1.807) is 0 Å². The quantitative estimate of drug-likeness (QED) is 0.155. The lowest BCUT2D eigenvalue weighted by atomic mass is 9.77. The topological polar surface area (TPSA) is 30.9 Å². The van der Waals surface area contributed by atoms with Crippen molar-refractivity contribution >= 4 is 33.7 Å². The van der Waals surface area contributed by atoms with Crippen LogP contribution >= 0.6 is 11.8 Å². The minimum Gasteiger partial charge on any atom is -0.457 e. The number of rotatable bonds is 4. The summed E-state index contributed by atoms with van der Waals surface area (Å²) in [7, 11) is 4.39. The Hall–Kier alpha value is -5.00. The van der Waals surface area contributed by atoms with Gasteiger partial charge in [-0.3, -0.25) is 4.98 Å². The molecular formula is C38H29N3OS. The van der Waals surface area contributed by atoms with Gasteiger partial charge in [0.15, 0.2) is 5.65 Å². The van der Waals surface area contributed by atoms with Gasteiger partial charge < -0.3 is 9.30 Å². The van der Waals surface area contributed by atoms with Crippen LogP contribution in [-0.4, -0.2) is 9.55 Å². The van der Waals surface area contributed by atoms with E-state index in [0.717, 1.165) is 34.1 Å². The van der Waals surface area contributed by atoms with Crippen LogP contribution in [0.15, 0.2) is 137 Å². The van der Waals surface area contributed by atoms with Gasteiger partial charge in [0.05, 0.1) is 10.6 Å². The lowest BCUT2D eigenvalue weighted by molar-refractivity contribution is -0.586. The zero-order valence-corrected chi connectivity index (χ0v) is 24.8. The van der Waals surface area contributed by atoms with Crippen molar-refractivity contribution in [2.75, 3.05) is 0 Å². The number of benzene rings is 4. The van der Waals surface area contributed by atoms with Crippen LogP contribution in [0.2, 0.25) is 0 Å². The van der Waals surface area contributed by atoms with Crippen molar-refractivity contribution in [3.63, 3.8) is 0 Å². The monoisotopic (exact) mass is 575 g/mol. The molecule has 1 aliphatic heterocycles. The van der Waals surface area contributed by atoms with E-state index in [9.17, 15) is 0 Å². The molecule has 0 N–H and O–H groups in total.